The maximum atomic E-state index is 13.7. The van der Waals surface area contributed by atoms with Crippen LogP contribution in [0, 0.1) is 28.8 Å². The van der Waals surface area contributed by atoms with Crippen LogP contribution in [0.2, 0.25) is 10.0 Å². The van der Waals surface area contributed by atoms with Gasteiger partial charge in [-0.25, -0.2) is 33.1 Å². The van der Waals surface area contributed by atoms with E-state index in [1.54, 1.807) is 0 Å². The number of halogens is 5. The van der Waals surface area contributed by atoms with E-state index in [-0.39, 0.29) is 34.6 Å². The number of nitrogen functional groups attached to an aromatic ring is 1. The van der Waals surface area contributed by atoms with E-state index in [4.69, 9.17) is 34.2 Å². The fraction of sp³-hybridized carbons (Fsp3) is 0.0769. The van der Waals surface area contributed by atoms with Gasteiger partial charge in [0.2, 0.25) is 0 Å². The number of carbonyl (C=O) groups excluding carboxylic acids is 2. The van der Waals surface area contributed by atoms with Crippen LogP contribution in [0.1, 0.15) is 37.8 Å². The van der Waals surface area contributed by atoms with E-state index in [1.807, 2.05) is 0 Å². The first-order valence-electron chi connectivity index (χ1n) is 11.9. The van der Waals surface area contributed by atoms with Crippen molar-refractivity contribution in [3.8, 4) is 6.07 Å². The molecule has 5 aromatic rings. The van der Waals surface area contributed by atoms with Crippen molar-refractivity contribution in [3.63, 3.8) is 0 Å². The fourth-order valence-electron chi connectivity index (χ4n) is 3.46. The summed E-state index contributed by atoms with van der Waals surface area (Å²) < 4.78 is 39.7. The lowest BCUT2D eigenvalue weighted by atomic mass is 10.2. The Bertz CT molecular complexity index is 1880. The summed E-state index contributed by atoms with van der Waals surface area (Å²) >= 11 is 11.3. The van der Waals surface area contributed by atoms with Crippen molar-refractivity contribution in [2.24, 2.45) is 0 Å². The monoisotopic (exact) mass is 628 g/mol. The van der Waals surface area contributed by atoms with Crippen LogP contribution in [0.15, 0.2) is 49.1 Å². The van der Waals surface area contributed by atoms with Crippen LogP contribution in [-0.2, 0) is 13.1 Å². The number of carbonyl (C=O) groups is 2. The molecule has 0 aliphatic carbocycles. The first-order chi connectivity index (χ1) is 20.6. The minimum Gasteiger partial charge on any atom is -0.380 e. The molecule has 5 rings (SSSR count). The average Bonchev–Trinajstić information content (AvgIpc) is 3.39. The fourth-order valence-corrected chi connectivity index (χ4v) is 3.87. The van der Waals surface area contributed by atoms with Crippen LogP contribution in [-0.4, -0.2) is 41.9 Å². The van der Waals surface area contributed by atoms with E-state index >= 15 is 0 Å². The number of nitrogens with zero attached hydrogens (tertiary/aromatic N) is 6. The second-order valence-electron chi connectivity index (χ2n) is 8.41. The van der Waals surface area contributed by atoms with E-state index in [1.165, 1.54) is 42.7 Å². The quantitative estimate of drug-likeness (QED) is 0.216. The number of aromatic nitrogens is 6. The molecule has 0 radical (unpaired) electrons. The van der Waals surface area contributed by atoms with Crippen LogP contribution >= 0.6 is 23.2 Å². The van der Waals surface area contributed by atoms with E-state index in [2.05, 4.69) is 40.8 Å². The molecule has 0 aliphatic rings. The molecular formula is C26H17Cl2F3N10O2. The first kappa shape index (κ1) is 30.6. The molecular weight excluding hydrogens is 612 g/mol. The summed E-state index contributed by atoms with van der Waals surface area (Å²) in [6.07, 6.45) is 2.16. The minimum atomic E-state index is -1.09. The van der Waals surface area contributed by atoms with Crippen molar-refractivity contribution in [2.75, 3.05) is 5.73 Å². The van der Waals surface area contributed by atoms with E-state index in [0.717, 1.165) is 12.4 Å². The first-order valence-corrected chi connectivity index (χ1v) is 12.6. The molecule has 43 heavy (non-hydrogen) atoms. The molecule has 0 unspecified atom stereocenters. The lowest BCUT2D eigenvalue weighted by Crippen LogP contribution is -2.25. The highest BCUT2D eigenvalue weighted by atomic mass is 35.5. The third kappa shape index (κ3) is 7.31. The van der Waals surface area contributed by atoms with Gasteiger partial charge in [0.25, 0.3) is 11.8 Å². The van der Waals surface area contributed by atoms with Gasteiger partial charge in [-0.15, -0.1) is 0 Å². The highest BCUT2D eigenvalue weighted by molar-refractivity contribution is 6.31. The number of hydrogen-bond donors (Lipinski definition) is 4. The van der Waals surface area contributed by atoms with Gasteiger partial charge in [0.15, 0.2) is 28.7 Å². The standard InChI is InChI=1S/C13H7ClF2N4O.C13H10ClFN6O/c14-8-3-7(1-2-9(8)15)5-18-13(21)12-11(16)10(4-17)19-6-20-12;14-7-3-6(1-2-8(7)15)4-17-13(22)11-9-10(18-5-19-11)12(16)21-20-9/h1-3,6H,5H2,(H,18,21);1-3,5H,4H2,(H,17,22)(H3,16,20,21). The maximum Gasteiger partial charge on any atom is 0.273 e. The van der Waals surface area contributed by atoms with Crippen molar-refractivity contribution in [1.29, 1.82) is 5.26 Å². The number of hydrogen-bond acceptors (Lipinski definition) is 9. The third-order valence-electron chi connectivity index (χ3n) is 5.58. The van der Waals surface area contributed by atoms with E-state index in [0.29, 0.717) is 22.2 Å². The minimum absolute atomic E-state index is 0.00230. The Morgan fingerprint density at radius 2 is 1.40 bits per heavy atom. The van der Waals surface area contributed by atoms with Crippen LogP contribution in [0.5, 0.6) is 0 Å². The normalized spacial score (nSPS) is 10.4. The van der Waals surface area contributed by atoms with E-state index in [9.17, 15) is 22.8 Å². The number of nitrogens with one attached hydrogen (secondary N) is 3. The van der Waals surface area contributed by atoms with Crippen molar-refractivity contribution in [3.05, 3.63) is 105 Å². The lowest BCUT2D eigenvalue weighted by molar-refractivity contribution is 0.0935. The Hall–Kier alpha value is -5.33. The molecule has 0 fully saturated rings. The summed E-state index contributed by atoms with van der Waals surface area (Å²) in [4.78, 5) is 38.8. The molecule has 2 amide bonds. The second kappa shape index (κ2) is 13.6. The Morgan fingerprint density at radius 1 is 0.860 bits per heavy atom. The number of fused-ring (bicyclic) bond motifs is 1. The Kier molecular flexibility index (Phi) is 9.65. The molecule has 3 heterocycles. The number of nitrogens with two attached hydrogens (primary N) is 1. The number of rotatable bonds is 6. The van der Waals surface area contributed by atoms with Gasteiger partial charge in [-0.05, 0) is 35.4 Å². The molecule has 0 saturated heterocycles. The van der Waals surface area contributed by atoms with Crippen molar-refractivity contribution in [1.82, 2.24) is 40.8 Å². The van der Waals surface area contributed by atoms with Gasteiger partial charge in [0.1, 0.15) is 41.4 Å². The van der Waals surface area contributed by atoms with Gasteiger partial charge in [-0.3, -0.25) is 14.7 Å². The van der Waals surface area contributed by atoms with Crippen LogP contribution in [0.25, 0.3) is 11.0 Å². The number of benzene rings is 2. The van der Waals surface area contributed by atoms with Gasteiger partial charge in [-0.1, -0.05) is 35.3 Å². The molecule has 17 heteroatoms. The highest BCUT2D eigenvalue weighted by Gasteiger charge is 2.18. The smallest absolute Gasteiger partial charge is 0.273 e. The molecule has 0 bridgehead atoms. The molecule has 218 valence electrons. The third-order valence-corrected chi connectivity index (χ3v) is 6.16. The molecule has 0 atom stereocenters. The van der Waals surface area contributed by atoms with E-state index < -0.39 is 40.7 Å². The van der Waals surface area contributed by atoms with Gasteiger partial charge in [0.05, 0.1) is 10.0 Å². The Labute approximate surface area is 250 Å². The number of amides is 2. The average molecular weight is 629 g/mol. The molecule has 0 spiro atoms. The predicted octanol–water partition coefficient (Wildman–Crippen LogP) is 3.87. The van der Waals surface area contributed by atoms with Crippen molar-refractivity contribution >= 4 is 51.9 Å². The molecule has 12 nitrogen and oxygen atoms in total. The number of aromatic amines is 1. The summed E-state index contributed by atoms with van der Waals surface area (Å²) in [6.45, 7) is 0.179. The summed E-state index contributed by atoms with van der Waals surface area (Å²) in [5.74, 6) is -3.23. The second-order valence-corrected chi connectivity index (χ2v) is 9.23. The zero-order chi connectivity index (χ0) is 31.1. The summed E-state index contributed by atoms with van der Waals surface area (Å²) in [5, 5.41) is 20.0. The predicted molar refractivity (Wildman–Crippen MR) is 148 cm³/mol. The maximum absolute atomic E-state index is 13.7. The van der Waals surface area contributed by atoms with Gasteiger partial charge in [0, 0.05) is 13.1 Å². The van der Waals surface area contributed by atoms with Crippen LogP contribution < -0.4 is 16.4 Å². The van der Waals surface area contributed by atoms with Gasteiger partial charge < -0.3 is 16.4 Å². The Balaban J connectivity index is 0.000000197. The summed E-state index contributed by atoms with van der Waals surface area (Å²) in [5.41, 5.74) is 6.64. The summed E-state index contributed by atoms with van der Waals surface area (Å²) in [6, 6.07) is 9.66. The molecule has 0 saturated carbocycles. The van der Waals surface area contributed by atoms with Crippen LogP contribution in [0.3, 0.4) is 0 Å². The molecule has 5 N–H and O–H groups in total. The van der Waals surface area contributed by atoms with Gasteiger partial charge >= 0.3 is 0 Å². The SMILES string of the molecule is N#Cc1ncnc(C(=O)NCc2ccc(F)c(Cl)c2)c1F.Nc1n[nH]c2c(C(=O)NCc3ccc(F)c(Cl)c3)ncnc12. The highest BCUT2D eigenvalue weighted by Crippen LogP contribution is 2.19. The number of nitriles is 1. The number of anilines is 1. The van der Waals surface area contributed by atoms with Gasteiger partial charge in [-0.2, -0.15) is 10.4 Å². The van der Waals surface area contributed by atoms with Crippen molar-refractivity contribution in [2.45, 2.75) is 13.1 Å². The number of H-pyrrole nitrogens is 1. The molecule has 0 aliphatic heterocycles. The Morgan fingerprint density at radius 3 is 1.95 bits per heavy atom. The largest absolute Gasteiger partial charge is 0.380 e. The topological polar surface area (TPSA) is 188 Å². The molecule has 3 aromatic heterocycles. The summed E-state index contributed by atoms with van der Waals surface area (Å²) in [7, 11) is 0. The van der Waals surface area contributed by atoms with Crippen LogP contribution in [0.4, 0.5) is 19.0 Å². The zero-order valence-corrected chi connectivity index (χ0v) is 23.0. The molecule has 2 aromatic carbocycles. The lowest BCUT2D eigenvalue weighted by Gasteiger charge is -2.06. The van der Waals surface area contributed by atoms with Crippen molar-refractivity contribution < 1.29 is 22.8 Å². The zero-order valence-electron chi connectivity index (χ0n) is 21.5.